The van der Waals surface area contributed by atoms with Gasteiger partial charge in [0, 0.05) is 18.1 Å². The highest BCUT2D eigenvalue weighted by atomic mass is 16.6. The molecular formula is C13H15NO4. The van der Waals surface area contributed by atoms with Gasteiger partial charge in [0.15, 0.2) is 5.78 Å². The molecule has 0 radical (unpaired) electrons. The number of ether oxygens (including phenoxy) is 1. The third kappa shape index (κ3) is 3.06. The highest BCUT2D eigenvalue weighted by Crippen LogP contribution is 2.26. The number of carbonyl (C=O) groups is 1. The van der Waals surface area contributed by atoms with Crippen molar-refractivity contribution in [1.29, 1.82) is 0 Å². The first-order valence-electron chi connectivity index (χ1n) is 6.07. The standard InChI is InChI=1S/C13H15NO4/c15-13(10-3-1-2-4-10)9-18-12-7-5-11(6-8-12)14(16)17/h5-8,10H,1-4,9H2. The zero-order chi connectivity index (χ0) is 13.0. The van der Waals surface area contributed by atoms with E-state index in [0.717, 1.165) is 25.7 Å². The van der Waals surface area contributed by atoms with Crippen LogP contribution in [0.25, 0.3) is 0 Å². The van der Waals surface area contributed by atoms with Crippen LogP contribution in [0.1, 0.15) is 25.7 Å². The zero-order valence-electron chi connectivity index (χ0n) is 10.0. The monoisotopic (exact) mass is 249 g/mol. The van der Waals surface area contributed by atoms with Gasteiger partial charge >= 0.3 is 0 Å². The van der Waals surface area contributed by atoms with Crippen molar-refractivity contribution in [3.8, 4) is 5.75 Å². The van der Waals surface area contributed by atoms with E-state index in [1.54, 1.807) is 0 Å². The molecule has 0 unspecified atom stereocenters. The van der Waals surface area contributed by atoms with Crippen LogP contribution in [0.3, 0.4) is 0 Å². The van der Waals surface area contributed by atoms with E-state index in [0.29, 0.717) is 5.75 Å². The molecule has 18 heavy (non-hydrogen) atoms. The van der Waals surface area contributed by atoms with Gasteiger partial charge in [0.1, 0.15) is 12.4 Å². The topological polar surface area (TPSA) is 69.4 Å². The number of hydrogen-bond acceptors (Lipinski definition) is 4. The Morgan fingerprint density at radius 1 is 1.28 bits per heavy atom. The minimum absolute atomic E-state index is 0.0180. The highest BCUT2D eigenvalue weighted by molar-refractivity contribution is 5.82. The lowest BCUT2D eigenvalue weighted by Gasteiger charge is -2.09. The van der Waals surface area contributed by atoms with Crippen molar-refractivity contribution in [2.24, 2.45) is 5.92 Å². The van der Waals surface area contributed by atoms with Crippen LogP contribution in [0.5, 0.6) is 5.75 Å². The number of carbonyl (C=O) groups excluding carboxylic acids is 1. The average molecular weight is 249 g/mol. The summed E-state index contributed by atoms with van der Waals surface area (Å²) >= 11 is 0. The Hall–Kier alpha value is -1.91. The van der Waals surface area contributed by atoms with Gasteiger partial charge in [0.25, 0.3) is 5.69 Å². The molecule has 0 aromatic heterocycles. The first-order valence-corrected chi connectivity index (χ1v) is 6.07. The molecule has 0 saturated heterocycles. The summed E-state index contributed by atoms with van der Waals surface area (Å²) in [6, 6.07) is 5.77. The van der Waals surface area contributed by atoms with E-state index in [4.69, 9.17) is 4.74 Å². The van der Waals surface area contributed by atoms with Gasteiger partial charge in [-0.3, -0.25) is 14.9 Å². The molecule has 0 aliphatic heterocycles. The Kier molecular flexibility index (Phi) is 3.92. The molecule has 0 bridgehead atoms. The summed E-state index contributed by atoms with van der Waals surface area (Å²) in [7, 11) is 0. The van der Waals surface area contributed by atoms with Crippen LogP contribution in [-0.2, 0) is 4.79 Å². The van der Waals surface area contributed by atoms with E-state index in [9.17, 15) is 14.9 Å². The normalized spacial score (nSPS) is 15.6. The Balaban J connectivity index is 1.86. The van der Waals surface area contributed by atoms with Crippen molar-refractivity contribution >= 4 is 11.5 Å². The van der Waals surface area contributed by atoms with E-state index in [1.807, 2.05) is 0 Å². The molecule has 96 valence electrons. The number of rotatable bonds is 5. The van der Waals surface area contributed by atoms with E-state index in [-0.39, 0.29) is 24.0 Å². The maximum absolute atomic E-state index is 11.8. The molecule has 1 aliphatic rings. The number of ketones is 1. The number of hydrogen-bond donors (Lipinski definition) is 0. The smallest absolute Gasteiger partial charge is 0.269 e. The van der Waals surface area contributed by atoms with Gasteiger partial charge in [-0.2, -0.15) is 0 Å². The van der Waals surface area contributed by atoms with Crippen molar-refractivity contribution in [3.63, 3.8) is 0 Å². The zero-order valence-corrected chi connectivity index (χ0v) is 10.0. The molecule has 5 heteroatoms. The average Bonchev–Trinajstić information content (AvgIpc) is 2.90. The van der Waals surface area contributed by atoms with Crippen molar-refractivity contribution in [3.05, 3.63) is 34.4 Å². The molecule has 0 amide bonds. The van der Waals surface area contributed by atoms with Crippen molar-refractivity contribution in [2.45, 2.75) is 25.7 Å². The molecular weight excluding hydrogens is 234 g/mol. The predicted octanol–water partition coefficient (Wildman–Crippen LogP) is 2.73. The molecule has 1 fully saturated rings. The van der Waals surface area contributed by atoms with Gasteiger partial charge in [0.05, 0.1) is 4.92 Å². The van der Waals surface area contributed by atoms with Gasteiger partial charge < -0.3 is 4.74 Å². The molecule has 1 saturated carbocycles. The number of benzene rings is 1. The molecule has 0 spiro atoms. The largest absolute Gasteiger partial charge is 0.486 e. The van der Waals surface area contributed by atoms with Gasteiger partial charge in [-0.15, -0.1) is 0 Å². The lowest BCUT2D eigenvalue weighted by Crippen LogP contribution is -2.19. The molecule has 1 aliphatic carbocycles. The number of Topliss-reactive ketones (excluding diaryl/α,β-unsaturated/α-hetero) is 1. The molecule has 5 nitrogen and oxygen atoms in total. The fourth-order valence-electron chi connectivity index (χ4n) is 2.18. The van der Waals surface area contributed by atoms with E-state index in [1.165, 1.54) is 24.3 Å². The second-order valence-corrected chi connectivity index (χ2v) is 4.49. The summed E-state index contributed by atoms with van der Waals surface area (Å²) in [4.78, 5) is 21.8. The summed E-state index contributed by atoms with van der Waals surface area (Å²) in [6.45, 7) is 0.0580. The lowest BCUT2D eigenvalue weighted by molar-refractivity contribution is -0.384. The molecule has 0 heterocycles. The maximum Gasteiger partial charge on any atom is 0.269 e. The molecule has 0 N–H and O–H groups in total. The second-order valence-electron chi connectivity index (χ2n) is 4.49. The number of nitro benzene ring substituents is 1. The quantitative estimate of drug-likeness (QED) is 0.594. The van der Waals surface area contributed by atoms with Crippen LogP contribution < -0.4 is 4.74 Å². The van der Waals surface area contributed by atoms with Crippen LogP contribution in [0.15, 0.2) is 24.3 Å². The van der Waals surface area contributed by atoms with Crippen LogP contribution in [0, 0.1) is 16.0 Å². The predicted molar refractivity (Wildman–Crippen MR) is 65.6 cm³/mol. The Morgan fingerprint density at radius 2 is 1.89 bits per heavy atom. The second kappa shape index (κ2) is 5.62. The van der Waals surface area contributed by atoms with E-state index in [2.05, 4.69) is 0 Å². The van der Waals surface area contributed by atoms with Gasteiger partial charge in [-0.05, 0) is 25.0 Å². The Morgan fingerprint density at radius 3 is 2.44 bits per heavy atom. The number of nitro groups is 1. The van der Waals surface area contributed by atoms with Gasteiger partial charge in [-0.1, -0.05) is 12.8 Å². The van der Waals surface area contributed by atoms with Crippen molar-refractivity contribution < 1.29 is 14.5 Å². The summed E-state index contributed by atoms with van der Waals surface area (Å²) in [5.74, 6) is 0.765. The minimum Gasteiger partial charge on any atom is -0.486 e. The lowest BCUT2D eigenvalue weighted by atomic mass is 10.0. The summed E-state index contributed by atoms with van der Waals surface area (Å²) in [5.41, 5.74) is 0.0180. The van der Waals surface area contributed by atoms with Crippen molar-refractivity contribution in [1.82, 2.24) is 0 Å². The van der Waals surface area contributed by atoms with Crippen LogP contribution in [0.4, 0.5) is 5.69 Å². The van der Waals surface area contributed by atoms with Gasteiger partial charge in [0.2, 0.25) is 0 Å². The first kappa shape index (κ1) is 12.5. The van der Waals surface area contributed by atoms with E-state index < -0.39 is 4.92 Å². The van der Waals surface area contributed by atoms with Gasteiger partial charge in [-0.25, -0.2) is 0 Å². The highest BCUT2D eigenvalue weighted by Gasteiger charge is 2.22. The first-order chi connectivity index (χ1) is 8.66. The third-order valence-electron chi connectivity index (χ3n) is 3.24. The summed E-state index contributed by atoms with van der Waals surface area (Å²) in [6.07, 6.45) is 4.16. The third-order valence-corrected chi connectivity index (χ3v) is 3.24. The fourth-order valence-corrected chi connectivity index (χ4v) is 2.18. The van der Waals surface area contributed by atoms with Crippen LogP contribution >= 0.6 is 0 Å². The Bertz CT molecular complexity index is 435. The SMILES string of the molecule is O=C(COc1ccc([N+](=O)[O-])cc1)C1CCCC1. The maximum atomic E-state index is 11.8. The summed E-state index contributed by atoms with van der Waals surface area (Å²) < 4.78 is 5.34. The number of nitrogens with zero attached hydrogens (tertiary/aromatic N) is 1. The Labute approximate surface area is 105 Å². The summed E-state index contributed by atoms with van der Waals surface area (Å²) in [5, 5.41) is 10.5. The molecule has 1 aromatic carbocycles. The molecule has 1 aromatic rings. The van der Waals surface area contributed by atoms with Crippen molar-refractivity contribution in [2.75, 3.05) is 6.61 Å². The molecule has 2 rings (SSSR count). The van der Waals surface area contributed by atoms with Crippen LogP contribution in [0.2, 0.25) is 0 Å². The minimum atomic E-state index is -0.465. The number of non-ortho nitro benzene ring substituents is 1. The van der Waals surface area contributed by atoms with E-state index >= 15 is 0 Å². The van der Waals surface area contributed by atoms with Crippen LogP contribution in [-0.4, -0.2) is 17.3 Å². The molecule has 0 atom stereocenters. The fraction of sp³-hybridized carbons (Fsp3) is 0.462.